The zero-order chi connectivity index (χ0) is 16.0. The molecule has 1 spiro atoms. The van der Waals surface area contributed by atoms with Gasteiger partial charge in [-0.1, -0.05) is 0 Å². The summed E-state index contributed by atoms with van der Waals surface area (Å²) in [5.41, 5.74) is 0. The first-order valence-corrected chi connectivity index (χ1v) is 8.86. The summed E-state index contributed by atoms with van der Waals surface area (Å²) in [7, 11) is 1.80. The zero-order valence-electron chi connectivity index (χ0n) is 14.2. The minimum absolute atomic E-state index is 0.117. The number of ether oxygens (including phenoxy) is 3. The lowest BCUT2D eigenvalue weighted by atomic mass is 10.2. The van der Waals surface area contributed by atoms with Crippen LogP contribution in [-0.4, -0.2) is 82.3 Å². The second-order valence-electron chi connectivity index (χ2n) is 6.50. The molecule has 1 unspecified atom stereocenters. The second-order valence-corrected chi connectivity index (χ2v) is 6.50. The van der Waals surface area contributed by atoms with Gasteiger partial charge in [0, 0.05) is 52.6 Å². The molecule has 0 aromatic heterocycles. The first-order chi connectivity index (χ1) is 11.3. The number of hydrogen-bond acceptors (Lipinski definition) is 5. The summed E-state index contributed by atoms with van der Waals surface area (Å²) in [6.07, 6.45) is 4.62. The Bertz CT molecular complexity index is 393. The van der Waals surface area contributed by atoms with Crippen molar-refractivity contribution >= 4 is 5.96 Å². The normalized spacial score (nSPS) is 28.4. The molecular weight excluding hydrogens is 296 g/mol. The molecule has 3 aliphatic rings. The summed E-state index contributed by atoms with van der Waals surface area (Å²) in [4.78, 5) is 6.68. The number of nitrogens with one attached hydrogen (secondary N) is 2. The zero-order valence-corrected chi connectivity index (χ0v) is 14.2. The number of hydrogen-bond donors (Lipinski definition) is 2. The van der Waals surface area contributed by atoms with Gasteiger partial charge < -0.3 is 24.8 Å². The van der Waals surface area contributed by atoms with Crippen molar-refractivity contribution in [3.63, 3.8) is 0 Å². The summed E-state index contributed by atoms with van der Waals surface area (Å²) < 4.78 is 17.4. The summed E-state index contributed by atoms with van der Waals surface area (Å²) in [6.45, 7) is 7.02. The van der Waals surface area contributed by atoms with Gasteiger partial charge in [-0.15, -0.1) is 0 Å². The lowest BCUT2D eigenvalue weighted by Gasteiger charge is -2.27. The Hall–Kier alpha value is -0.890. The van der Waals surface area contributed by atoms with Crippen molar-refractivity contribution in [3.8, 4) is 0 Å². The Kier molecular flexibility index (Phi) is 6.10. The van der Waals surface area contributed by atoms with E-state index >= 15 is 0 Å². The second kappa shape index (κ2) is 8.28. The van der Waals surface area contributed by atoms with E-state index in [9.17, 15) is 0 Å². The third-order valence-electron chi connectivity index (χ3n) is 4.82. The van der Waals surface area contributed by atoms with Gasteiger partial charge in [-0.05, 0) is 12.8 Å². The predicted octanol–water partition coefficient (Wildman–Crippen LogP) is 0.169. The average molecular weight is 326 g/mol. The van der Waals surface area contributed by atoms with Crippen molar-refractivity contribution in [2.45, 2.75) is 37.6 Å². The SMILES string of the molecule is CN=C(NCCN1CCOCC1)NCC1COC2(CCCC2)O1. The number of rotatable bonds is 5. The fraction of sp³-hybridized carbons (Fsp3) is 0.938. The average Bonchev–Trinajstić information content (AvgIpc) is 3.22. The Labute approximate surface area is 138 Å². The third-order valence-corrected chi connectivity index (χ3v) is 4.82. The van der Waals surface area contributed by atoms with Gasteiger partial charge in [-0.2, -0.15) is 0 Å². The molecule has 0 bridgehead atoms. The van der Waals surface area contributed by atoms with Crippen molar-refractivity contribution in [2.75, 3.05) is 59.6 Å². The molecule has 132 valence electrons. The predicted molar refractivity (Wildman–Crippen MR) is 88.6 cm³/mol. The monoisotopic (exact) mass is 326 g/mol. The number of nitrogens with zero attached hydrogens (tertiary/aromatic N) is 2. The fourth-order valence-corrected chi connectivity index (χ4v) is 3.48. The van der Waals surface area contributed by atoms with E-state index in [-0.39, 0.29) is 11.9 Å². The van der Waals surface area contributed by atoms with E-state index in [0.29, 0.717) is 6.61 Å². The summed E-state index contributed by atoms with van der Waals surface area (Å²) in [5, 5.41) is 6.71. The standard InChI is InChI=1S/C16H30N4O3/c1-17-15(18-6-7-20-8-10-21-11-9-20)19-12-14-13-22-16(23-14)4-2-3-5-16/h14H,2-13H2,1H3,(H2,17,18,19). The maximum atomic E-state index is 6.11. The van der Waals surface area contributed by atoms with Crippen molar-refractivity contribution in [1.82, 2.24) is 15.5 Å². The van der Waals surface area contributed by atoms with E-state index in [4.69, 9.17) is 14.2 Å². The molecule has 3 fully saturated rings. The van der Waals surface area contributed by atoms with Crippen LogP contribution in [0.25, 0.3) is 0 Å². The molecular formula is C16H30N4O3. The van der Waals surface area contributed by atoms with Gasteiger partial charge in [-0.25, -0.2) is 0 Å². The van der Waals surface area contributed by atoms with Crippen molar-refractivity contribution in [2.24, 2.45) is 4.99 Å². The molecule has 0 aromatic rings. The highest BCUT2D eigenvalue weighted by atomic mass is 16.7. The Morgan fingerprint density at radius 3 is 2.74 bits per heavy atom. The number of guanidine groups is 1. The highest BCUT2D eigenvalue weighted by Gasteiger charge is 2.43. The van der Waals surface area contributed by atoms with E-state index in [1.165, 1.54) is 12.8 Å². The van der Waals surface area contributed by atoms with Crippen LogP contribution >= 0.6 is 0 Å². The van der Waals surface area contributed by atoms with Crippen LogP contribution in [0.2, 0.25) is 0 Å². The van der Waals surface area contributed by atoms with Crippen LogP contribution in [0, 0.1) is 0 Å². The molecule has 2 aliphatic heterocycles. The molecule has 2 heterocycles. The van der Waals surface area contributed by atoms with Crippen LogP contribution in [0.4, 0.5) is 0 Å². The molecule has 1 atom stereocenters. The molecule has 23 heavy (non-hydrogen) atoms. The number of aliphatic imine (C=N–C) groups is 1. The van der Waals surface area contributed by atoms with Crippen LogP contribution in [0.1, 0.15) is 25.7 Å². The van der Waals surface area contributed by atoms with Crippen molar-refractivity contribution < 1.29 is 14.2 Å². The molecule has 0 amide bonds. The van der Waals surface area contributed by atoms with Gasteiger partial charge in [-0.3, -0.25) is 9.89 Å². The lowest BCUT2D eigenvalue weighted by Crippen LogP contribution is -2.46. The maximum absolute atomic E-state index is 6.11. The van der Waals surface area contributed by atoms with E-state index in [2.05, 4.69) is 20.5 Å². The summed E-state index contributed by atoms with van der Waals surface area (Å²) in [5.74, 6) is 0.550. The van der Waals surface area contributed by atoms with Gasteiger partial charge in [0.1, 0.15) is 6.10 Å². The molecule has 7 nitrogen and oxygen atoms in total. The molecule has 1 aliphatic carbocycles. The smallest absolute Gasteiger partial charge is 0.191 e. The van der Waals surface area contributed by atoms with Crippen LogP contribution in [-0.2, 0) is 14.2 Å². The van der Waals surface area contributed by atoms with Crippen LogP contribution in [0.3, 0.4) is 0 Å². The Morgan fingerprint density at radius 1 is 1.22 bits per heavy atom. The van der Waals surface area contributed by atoms with Crippen LogP contribution in [0.5, 0.6) is 0 Å². The van der Waals surface area contributed by atoms with Crippen LogP contribution < -0.4 is 10.6 Å². The molecule has 2 saturated heterocycles. The third kappa shape index (κ3) is 4.79. The molecule has 1 saturated carbocycles. The van der Waals surface area contributed by atoms with Gasteiger partial charge in [0.25, 0.3) is 0 Å². The first-order valence-electron chi connectivity index (χ1n) is 8.86. The quantitative estimate of drug-likeness (QED) is 0.555. The van der Waals surface area contributed by atoms with Gasteiger partial charge in [0.2, 0.25) is 0 Å². The highest BCUT2D eigenvalue weighted by Crippen LogP contribution is 2.38. The van der Waals surface area contributed by atoms with E-state index in [0.717, 1.165) is 64.7 Å². The Morgan fingerprint density at radius 2 is 2.00 bits per heavy atom. The molecule has 0 radical (unpaired) electrons. The van der Waals surface area contributed by atoms with Crippen LogP contribution in [0.15, 0.2) is 4.99 Å². The summed E-state index contributed by atoms with van der Waals surface area (Å²) in [6, 6.07) is 0. The van der Waals surface area contributed by atoms with E-state index in [1.807, 2.05) is 0 Å². The molecule has 7 heteroatoms. The molecule has 3 rings (SSSR count). The van der Waals surface area contributed by atoms with Crippen molar-refractivity contribution in [1.29, 1.82) is 0 Å². The van der Waals surface area contributed by atoms with E-state index < -0.39 is 0 Å². The van der Waals surface area contributed by atoms with Gasteiger partial charge in [0.05, 0.1) is 19.8 Å². The Balaban J connectivity index is 1.32. The largest absolute Gasteiger partial charge is 0.379 e. The van der Waals surface area contributed by atoms with Gasteiger partial charge >= 0.3 is 0 Å². The summed E-state index contributed by atoms with van der Waals surface area (Å²) >= 11 is 0. The molecule has 2 N–H and O–H groups in total. The van der Waals surface area contributed by atoms with E-state index in [1.54, 1.807) is 7.05 Å². The highest BCUT2D eigenvalue weighted by molar-refractivity contribution is 5.79. The minimum Gasteiger partial charge on any atom is -0.379 e. The number of morpholine rings is 1. The van der Waals surface area contributed by atoms with Gasteiger partial charge in [0.15, 0.2) is 11.7 Å². The van der Waals surface area contributed by atoms with Crippen molar-refractivity contribution in [3.05, 3.63) is 0 Å². The lowest BCUT2D eigenvalue weighted by molar-refractivity contribution is -0.160. The fourth-order valence-electron chi connectivity index (χ4n) is 3.48. The minimum atomic E-state index is -0.278. The molecule has 0 aromatic carbocycles. The maximum Gasteiger partial charge on any atom is 0.191 e. The topological polar surface area (TPSA) is 67.4 Å². The first kappa shape index (κ1) is 17.0.